The van der Waals surface area contributed by atoms with Gasteiger partial charge in [-0.25, -0.2) is 4.39 Å². The van der Waals surface area contributed by atoms with Crippen molar-refractivity contribution in [3.8, 4) is 0 Å². The Morgan fingerprint density at radius 3 is 2.62 bits per heavy atom. The fourth-order valence-corrected chi connectivity index (χ4v) is 3.37. The maximum atomic E-state index is 13.2. The van der Waals surface area contributed by atoms with Gasteiger partial charge in [-0.3, -0.25) is 14.5 Å². The average molecular weight is 371 g/mol. The van der Waals surface area contributed by atoms with Crippen LogP contribution in [0.4, 0.5) is 9.52 Å². The van der Waals surface area contributed by atoms with Gasteiger partial charge in [-0.15, -0.1) is 10.2 Å². The third-order valence-corrected chi connectivity index (χ3v) is 4.62. The van der Waals surface area contributed by atoms with E-state index in [1.54, 1.807) is 12.1 Å². The van der Waals surface area contributed by atoms with Gasteiger partial charge in [0.05, 0.1) is 11.8 Å². The second kappa shape index (κ2) is 6.19. The van der Waals surface area contributed by atoms with Gasteiger partial charge in [0, 0.05) is 5.56 Å². The highest BCUT2D eigenvalue weighted by Crippen LogP contribution is 2.42. The molecule has 0 radical (unpaired) electrons. The zero-order chi connectivity index (χ0) is 18.3. The molecule has 2 aromatic heterocycles. The third-order valence-electron chi connectivity index (χ3n) is 3.93. The van der Waals surface area contributed by atoms with Crippen LogP contribution in [-0.4, -0.2) is 27.0 Å². The van der Waals surface area contributed by atoms with E-state index in [-0.39, 0.29) is 22.0 Å². The number of nitrogens with zero attached hydrogens (tertiary/aromatic N) is 3. The number of rotatable bonds is 3. The number of hydrogen-bond acceptors (Lipinski definition) is 7. The van der Waals surface area contributed by atoms with Gasteiger partial charge in [0.15, 0.2) is 0 Å². The molecule has 1 fully saturated rings. The van der Waals surface area contributed by atoms with E-state index >= 15 is 0 Å². The zero-order valence-corrected chi connectivity index (χ0v) is 13.8. The van der Waals surface area contributed by atoms with E-state index in [0.717, 1.165) is 28.4 Å². The molecule has 1 N–H and O–H groups in total. The molecule has 0 saturated carbocycles. The molecular weight excluding hydrogens is 361 g/mol. The number of anilines is 1. The molecule has 1 aromatic carbocycles. The van der Waals surface area contributed by atoms with Gasteiger partial charge in [-0.05, 0) is 36.4 Å². The summed E-state index contributed by atoms with van der Waals surface area (Å²) >= 11 is 1.07. The molecule has 1 aliphatic heterocycles. The molecule has 3 aromatic rings. The van der Waals surface area contributed by atoms with E-state index in [2.05, 4.69) is 10.2 Å². The molecule has 0 bridgehead atoms. The molecule has 0 spiro atoms. The van der Waals surface area contributed by atoms with Crippen molar-refractivity contribution in [2.75, 3.05) is 4.90 Å². The first kappa shape index (κ1) is 16.2. The van der Waals surface area contributed by atoms with E-state index in [0.29, 0.717) is 0 Å². The van der Waals surface area contributed by atoms with Crippen molar-refractivity contribution in [2.24, 2.45) is 0 Å². The number of carbonyl (C=O) groups is 2. The minimum Gasteiger partial charge on any atom is -0.507 e. The first-order valence-electron chi connectivity index (χ1n) is 7.44. The molecule has 26 heavy (non-hydrogen) atoms. The van der Waals surface area contributed by atoms with Crippen LogP contribution < -0.4 is 4.90 Å². The molecule has 1 unspecified atom stereocenters. The number of aliphatic hydroxyl groups is 1. The number of carbonyl (C=O) groups excluding carboxylic acids is 2. The summed E-state index contributed by atoms with van der Waals surface area (Å²) in [6.45, 7) is 0. The second-order valence-electron chi connectivity index (χ2n) is 5.41. The zero-order valence-electron chi connectivity index (χ0n) is 13.0. The molecule has 1 amide bonds. The summed E-state index contributed by atoms with van der Waals surface area (Å²) in [4.78, 5) is 26.3. The highest BCUT2D eigenvalue weighted by atomic mass is 32.1. The van der Waals surface area contributed by atoms with Crippen LogP contribution in [0.3, 0.4) is 0 Å². The average Bonchev–Trinajstić information content (AvgIpc) is 3.37. The first-order valence-corrected chi connectivity index (χ1v) is 8.32. The monoisotopic (exact) mass is 371 g/mol. The Kier molecular flexibility index (Phi) is 3.85. The molecule has 9 heteroatoms. The maximum Gasteiger partial charge on any atom is 0.302 e. The lowest BCUT2D eigenvalue weighted by atomic mass is 9.99. The van der Waals surface area contributed by atoms with Gasteiger partial charge in [0.1, 0.15) is 28.9 Å². The summed E-state index contributed by atoms with van der Waals surface area (Å²) in [6, 6.07) is 7.14. The number of Topliss-reactive ketones (excluding diaryl/α,β-unsaturated/α-hetero) is 1. The van der Waals surface area contributed by atoms with Gasteiger partial charge in [-0.2, -0.15) is 0 Å². The summed E-state index contributed by atoms with van der Waals surface area (Å²) in [7, 11) is 0. The predicted octanol–water partition coefficient (Wildman–Crippen LogP) is 2.90. The van der Waals surface area contributed by atoms with E-state index in [4.69, 9.17) is 4.42 Å². The van der Waals surface area contributed by atoms with Crippen LogP contribution >= 0.6 is 11.3 Å². The number of aliphatic hydroxyl groups excluding tert-OH is 1. The van der Waals surface area contributed by atoms with Crippen LogP contribution in [0.15, 0.2) is 58.2 Å². The fraction of sp³-hybridized carbons (Fsp3) is 0.0588. The van der Waals surface area contributed by atoms with Gasteiger partial charge in [0.2, 0.25) is 5.13 Å². The van der Waals surface area contributed by atoms with Crippen molar-refractivity contribution in [3.63, 3.8) is 0 Å². The second-order valence-corrected chi connectivity index (χ2v) is 6.22. The Bertz CT molecular complexity index is 997. The quantitative estimate of drug-likeness (QED) is 0.432. The van der Waals surface area contributed by atoms with Crippen LogP contribution in [0.25, 0.3) is 5.76 Å². The lowest BCUT2D eigenvalue weighted by Gasteiger charge is -2.19. The number of hydrogen-bond donors (Lipinski definition) is 1. The standard InChI is InChI=1S/C17H10FN3O4S/c18-10-5-3-9(4-6-10)14(22)12-13(11-2-1-7-25-11)21(16(24)15(12)23)17-20-19-8-26-17/h1-8,13,22H/b14-12+. The maximum absolute atomic E-state index is 13.2. The topological polar surface area (TPSA) is 96.5 Å². The van der Waals surface area contributed by atoms with E-state index < -0.39 is 29.3 Å². The molecule has 3 heterocycles. The number of ketones is 1. The van der Waals surface area contributed by atoms with Crippen molar-refractivity contribution in [1.29, 1.82) is 0 Å². The number of benzene rings is 1. The van der Waals surface area contributed by atoms with Crippen LogP contribution in [0, 0.1) is 5.82 Å². The van der Waals surface area contributed by atoms with Crippen LogP contribution in [0.1, 0.15) is 17.4 Å². The smallest absolute Gasteiger partial charge is 0.302 e. The Labute approximate surface area is 150 Å². The lowest BCUT2D eigenvalue weighted by Crippen LogP contribution is -2.29. The molecule has 4 rings (SSSR count). The Balaban J connectivity index is 1.92. The lowest BCUT2D eigenvalue weighted by molar-refractivity contribution is -0.132. The minimum atomic E-state index is -0.997. The normalized spacial score (nSPS) is 19.3. The largest absolute Gasteiger partial charge is 0.507 e. The third kappa shape index (κ3) is 2.49. The van der Waals surface area contributed by atoms with Crippen molar-refractivity contribution in [2.45, 2.75) is 6.04 Å². The Morgan fingerprint density at radius 2 is 2.00 bits per heavy atom. The molecule has 1 saturated heterocycles. The SMILES string of the molecule is O=C1C(=O)N(c2nncs2)C(c2ccco2)/C1=C(\O)c1ccc(F)cc1. The fourth-order valence-electron chi connectivity index (χ4n) is 2.78. The number of amides is 1. The summed E-state index contributed by atoms with van der Waals surface area (Å²) in [5.74, 6) is -2.37. The van der Waals surface area contributed by atoms with E-state index in [9.17, 15) is 19.1 Å². The van der Waals surface area contributed by atoms with Crippen molar-refractivity contribution < 1.29 is 23.5 Å². The molecular formula is C17H10FN3O4S. The van der Waals surface area contributed by atoms with E-state index in [1.807, 2.05) is 0 Å². The molecule has 1 aliphatic rings. The van der Waals surface area contributed by atoms with Crippen LogP contribution in [0.2, 0.25) is 0 Å². The summed E-state index contributed by atoms with van der Waals surface area (Å²) in [5.41, 5.74) is 1.47. The number of aromatic nitrogens is 2. The number of halogens is 1. The highest BCUT2D eigenvalue weighted by Gasteiger charge is 2.49. The minimum absolute atomic E-state index is 0.160. The molecule has 0 aliphatic carbocycles. The van der Waals surface area contributed by atoms with Crippen LogP contribution in [-0.2, 0) is 9.59 Å². The molecule has 1 atom stereocenters. The number of furan rings is 1. The highest BCUT2D eigenvalue weighted by molar-refractivity contribution is 7.13. The van der Waals surface area contributed by atoms with Gasteiger partial charge >= 0.3 is 5.91 Å². The summed E-state index contributed by atoms with van der Waals surface area (Å²) in [5, 5.41) is 18.4. The summed E-state index contributed by atoms with van der Waals surface area (Å²) < 4.78 is 18.5. The Hall–Kier alpha value is -3.33. The van der Waals surface area contributed by atoms with Crippen molar-refractivity contribution in [1.82, 2.24) is 10.2 Å². The van der Waals surface area contributed by atoms with Gasteiger partial charge in [0.25, 0.3) is 5.78 Å². The van der Waals surface area contributed by atoms with Crippen LogP contribution in [0.5, 0.6) is 0 Å². The van der Waals surface area contributed by atoms with E-state index in [1.165, 1.54) is 23.9 Å². The van der Waals surface area contributed by atoms with Gasteiger partial charge < -0.3 is 9.52 Å². The van der Waals surface area contributed by atoms with Gasteiger partial charge in [-0.1, -0.05) is 11.3 Å². The predicted molar refractivity (Wildman–Crippen MR) is 89.8 cm³/mol. The first-order chi connectivity index (χ1) is 12.6. The van der Waals surface area contributed by atoms with Crippen molar-refractivity contribution >= 4 is 33.9 Å². The van der Waals surface area contributed by atoms with Crippen molar-refractivity contribution in [3.05, 3.63) is 70.9 Å². The molecule has 130 valence electrons. The molecule has 7 nitrogen and oxygen atoms in total. The Morgan fingerprint density at radius 1 is 1.23 bits per heavy atom. The summed E-state index contributed by atoms with van der Waals surface area (Å²) in [6.07, 6.45) is 1.40.